The van der Waals surface area contributed by atoms with E-state index in [4.69, 9.17) is 4.74 Å². The van der Waals surface area contributed by atoms with Crippen LogP contribution in [0.1, 0.15) is 40.5 Å². The van der Waals surface area contributed by atoms with Crippen LogP contribution in [-0.4, -0.2) is 35.7 Å². The number of hydrogen-bond acceptors (Lipinski definition) is 5. The van der Waals surface area contributed by atoms with E-state index in [1.807, 2.05) is 45.9 Å². The third kappa shape index (κ3) is 6.38. The van der Waals surface area contributed by atoms with Crippen molar-refractivity contribution in [3.05, 3.63) is 30.6 Å². The number of hydrogen-bond donors (Lipinski definition) is 2. The fraction of sp³-hybridized carbons (Fsp3) is 0.526. The summed E-state index contributed by atoms with van der Waals surface area (Å²) in [6.07, 6.45) is 6.36. The number of allylic oxidation sites excluding steroid dienone is 1. The van der Waals surface area contributed by atoms with Gasteiger partial charge in [-0.15, -0.1) is 0 Å². The van der Waals surface area contributed by atoms with E-state index in [1.54, 1.807) is 17.3 Å². The quantitative estimate of drug-likeness (QED) is 0.813. The zero-order valence-electron chi connectivity index (χ0n) is 15.9. The number of nitrogens with one attached hydrogen (secondary N) is 2. The van der Waals surface area contributed by atoms with Crippen LogP contribution in [0, 0.1) is 5.92 Å². The van der Waals surface area contributed by atoms with Gasteiger partial charge in [0.2, 0.25) is 5.91 Å². The summed E-state index contributed by atoms with van der Waals surface area (Å²) in [6, 6.07) is 3.71. The lowest BCUT2D eigenvalue weighted by Gasteiger charge is -2.22. The highest BCUT2D eigenvalue weighted by molar-refractivity contribution is 5.95. The minimum Gasteiger partial charge on any atom is -0.444 e. The normalized spacial score (nSPS) is 15.5. The Balaban J connectivity index is 1.77. The molecule has 1 unspecified atom stereocenters. The van der Waals surface area contributed by atoms with Crippen LogP contribution in [0.25, 0.3) is 0 Å². The Morgan fingerprint density at radius 2 is 2.12 bits per heavy atom. The first-order chi connectivity index (χ1) is 12.2. The molecule has 2 rings (SSSR count). The lowest BCUT2D eigenvalue weighted by molar-refractivity contribution is -0.118. The zero-order valence-corrected chi connectivity index (χ0v) is 15.9. The smallest absolute Gasteiger partial charge is 0.407 e. The highest BCUT2D eigenvalue weighted by Crippen LogP contribution is 2.20. The molecule has 7 nitrogen and oxygen atoms in total. The maximum atomic E-state index is 11.9. The predicted molar refractivity (Wildman–Crippen MR) is 102 cm³/mol. The second-order valence-electron chi connectivity index (χ2n) is 7.46. The minimum atomic E-state index is -0.498. The number of alkyl carbamates (subject to hydrolysis) is 1. The van der Waals surface area contributed by atoms with Crippen molar-refractivity contribution in [2.45, 2.75) is 46.1 Å². The van der Waals surface area contributed by atoms with Crippen molar-refractivity contribution in [3.63, 3.8) is 0 Å². The molecule has 0 saturated heterocycles. The zero-order chi connectivity index (χ0) is 19.2. The molecule has 7 heteroatoms. The fourth-order valence-electron chi connectivity index (χ4n) is 2.38. The second-order valence-corrected chi connectivity index (χ2v) is 7.46. The Labute approximate surface area is 154 Å². The summed E-state index contributed by atoms with van der Waals surface area (Å²) >= 11 is 0. The van der Waals surface area contributed by atoms with Gasteiger partial charge < -0.3 is 15.4 Å². The van der Waals surface area contributed by atoms with E-state index in [2.05, 4.69) is 15.6 Å². The molecule has 1 aliphatic heterocycles. The average Bonchev–Trinajstić information content (AvgIpc) is 2.58. The van der Waals surface area contributed by atoms with Gasteiger partial charge in [-0.05, 0) is 45.2 Å². The summed E-state index contributed by atoms with van der Waals surface area (Å²) in [5, 5.41) is 5.99. The number of anilines is 2. The molecule has 26 heavy (non-hydrogen) atoms. The Hall–Kier alpha value is -2.57. The van der Waals surface area contributed by atoms with Crippen LogP contribution in [0.15, 0.2) is 30.6 Å². The van der Waals surface area contributed by atoms with Gasteiger partial charge in [0, 0.05) is 25.7 Å². The van der Waals surface area contributed by atoms with Gasteiger partial charge in [0.1, 0.15) is 11.4 Å². The lowest BCUT2D eigenvalue weighted by Crippen LogP contribution is -2.36. The second kappa shape index (κ2) is 8.69. The molecule has 1 atom stereocenters. The van der Waals surface area contributed by atoms with Crippen LogP contribution < -0.4 is 15.5 Å². The lowest BCUT2D eigenvalue weighted by atomic mass is 10.2. The Morgan fingerprint density at radius 1 is 1.35 bits per heavy atom. The standard InChI is InChI=1S/C19H28N4O3/c1-14(12-22-18(25)26-19(2,3)4)11-20-16-9-8-15(13-21-16)23-10-6-5-7-17(23)24/h6,8-10,13-14H,5,7,11-12H2,1-4H3,(H,20,21)(H,22,25). The maximum absolute atomic E-state index is 11.9. The van der Waals surface area contributed by atoms with Crippen molar-refractivity contribution in [1.29, 1.82) is 0 Å². The van der Waals surface area contributed by atoms with Crippen LogP contribution in [0.3, 0.4) is 0 Å². The molecule has 2 heterocycles. The summed E-state index contributed by atoms with van der Waals surface area (Å²) < 4.78 is 5.21. The van der Waals surface area contributed by atoms with Crippen molar-refractivity contribution in [1.82, 2.24) is 10.3 Å². The monoisotopic (exact) mass is 360 g/mol. The first-order valence-corrected chi connectivity index (χ1v) is 8.90. The molecule has 1 aliphatic rings. The topological polar surface area (TPSA) is 83.6 Å². The third-order valence-corrected chi connectivity index (χ3v) is 3.70. The average molecular weight is 360 g/mol. The van der Waals surface area contributed by atoms with E-state index in [0.29, 0.717) is 19.5 Å². The summed E-state index contributed by atoms with van der Waals surface area (Å²) in [7, 11) is 0. The first kappa shape index (κ1) is 19.8. The minimum absolute atomic E-state index is 0.0804. The highest BCUT2D eigenvalue weighted by atomic mass is 16.6. The molecular formula is C19H28N4O3. The van der Waals surface area contributed by atoms with Crippen LogP contribution in [0.4, 0.5) is 16.3 Å². The molecule has 1 aromatic rings. The van der Waals surface area contributed by atoms with E-state index in [9.17, 15) is 9.59 Å². The van der Waals surface area contributed by atoms with E-state index in [-0.39, 0.29) is 11.8 Å². The largest absolute Gasteiger partial charge is 0.444 e. The van der Waals surface area contributed by atoms with Gasteiger partial charge >= 0.3 is 6.09 Å². The summed E-state index contributed by atoms with van der Waals surface area (Å²) in [5.74, 6) is 1.01. The molecule has 0 spiro atoms. The third-order valence-electron chi connectivity index (χ3n) is 3.70. The number of nitrogens with zero attached hydrogens (tertiary/aromatic N) is 2. The predicted octanol–water partition coefficient (Wildman–Crippen LogP) is 3.29. The van der Waals surface area contributed by atoms with Gasteiger partial charge in [0.15, 0.2) is 0 Å². The van der Waals surface area contributed by atoms with Gasteiger partial charge in [0.25, 0.3) is 0 Å². The fourth-order valence-corrected chi connectivity index (χ4v) is 2.38. The molecule has 0 bridgehead atoms. The number of carbonyl (C=O) groups is 2. The molecule has 2 N–H and O–H groups in total. The van der Waals surface area contributed by atoms with E-state index in [1.165, 1.54) is 0 Å². The maximum Gasteiger partial charge on any atom is 0.407 e. The van der Waals surface area contributed by atoms with Crippen molar-refractivity contribution < 1.29 is 14.3 Å². The van der Waals surface area contributed by atoms with Gasteiger partial charge in [-0.3, -0.25) is 9.69 Å². The van der Waals surface area contributed by atoms with Crippen LogP contribution >= 0.6 is 0 Å². The SMILES string of the molecule is CC(CNC(=O)OC(C)(C)C)CNc1ccc(N2C=CCCC2=O)cn1. The van der Waals surface area contributed by atoms with Crippen LogP contribution in [-0.2, 0) is 9.53 Å². The van der Waals surface area contributed by atoms with Crippen molar-refractivity contribution in [2.75, 3.05) is 23.3 Å². The van der Waals surface area contributed by atoms with E-state index < -0.39 is 11.7 Å². The number of pyridine rings is 1. The molecule has 1 aromatic heterocycles. The van der Waals surface area contributed by atoms with Gasteiger partial charge in [-0.2, -0.15) is 0 Å². The van der Waals surface area contributed by atoms with Crippen molar-refractivity contribution in [2.24, 2.45) is 5.92 Å². The number of carbonyl (C=O) groups excluding carboxylic acids is 2. The Kier molecular flexibility index (Phi) is 6.60. The summed E-state index contributed by atoms with van der Waals surface area (Å²) in [5.41, 5.74) is 0.262. The van der Waals surface area contributed by atoms with E-state index in [0.717, 1.165) is 17.9 Å². The Bertz CT molecular complexity index is 650. The van der Waals surface area contributed by atoms with Crippen LogP contribution in [0.5, 0.6) is 0 Å². The molecule has 142 valence electrons. The van der Waals surface area contributed by atoms with Gasteiger partial charge in [0.05, 0.1) is 11.9 Å². The van der Waals surface area contributed by atoms with Crippen molar-refractivity contribution in [3.8, 4) is 0 Å². The number of amides is 2. The molecule has 0 aromatic carbocycles. The summed E-state index contributed by atoms with van der Waals surface area (Å²) in [4.78, 5) is 29.5. The number of rotatable bonds is 6. The molecular weight excluding hydrogens is 332 g/mol. The van der Waals surface area contributed by atoms with Gasteiger partial charge in [-0.1, -0.05) is 13.0 Å². The number of aromatic nitrogens is 1. The molecule has 2 amide bonds. The number of ether oxygens (including phenoxy) is 1. The molecule has 0 fully saturated rings. The Morgan fingerprint density at radius 3 is 2.73 bits per heavy atom. The highest BCUT2D eigenvalue weighted by Gasteiger charge is 2.17. The first-order valence-electron chi connectivity index (χ1n) is 8.90. The summed E-state index contributed by atoms with van der Waals surface area (Å²) in [6.45, 7) is 8.69. The molecule has 0 saturated carbocycles. The van der Waals surface area contributed by atoms with Crippen molar-refractivity contribution >= 4 is 23.5 Å². The van der Waals surface area contributed by atoms with E-state index >= 15 is 0 Å². The van der Waals surface area contributed by atoms with Gasteiger partial charge in [-0.25, -0.2) is 9.78 Å². The molecule has 0 aliphatic carbocycles. The molecule has 0 radical (unpaired) electrons. The van der Waals surface area contributed by atoms with Crippen LogP contribution in [0.2, 0.25) is 0 Å².